The molecule has 0 spiro atoms. The van der Waals surface area contributed by atoms with Crippen LogP contribution < -0.4 is 15.4 Å². The summed E-state index contributed by atoms with van der Waals surface area (Å²) in [4.78, 5) is 17.0. The predicted octanol–water partition coefficient (Wildman–Crippen LogP) is 1.53. The zero-order valence-corrected chi connectivity index (χ0v) is 9.22. The average Bonchev–Trinajstić information content (AvgIpc) is 2.65. The van der Waals surface area contributed by atoms with Gasteiger partial charge in [0.05, 0.1) is 6.20 Å². The largest absolute Gasteiger partial charge is 0.410 e. The summed E-state index contributed by atoms with van der Waals surface area (Å²) in [5.41, 5.74) is 4.91. The first kappa shape index (κ1) is 10.7. The molecule has 0 saturated carbocycles. The topological polar surface area (TPSA) is 68.5 Å². The molecule has 1 amide bonds. The highest BCUT2D eigenvalue weighted by Gasteiger charge is 2.21. The van der Waals surface area contributed by atoms with Crippen LogP contribution in [0.4, 0.5) is 10.6 Å². The Hall–Kier alpha value is -1.78. The Balaban J connectivity index is 2.09. The van der Waals surface area contributed by atoms with Gasteiger partial charge in [-0.3, -0.25) is 0 Å². The van der Waals surface area contributed by atoms with Gasteiger partial charge in [-0.15, -0.1) is 0 Å². The van der Waals surface area contributed by atoms with E-state index in [1.165, 1.54) is 19.0 Å². The fourth-order valence-corrected chi connectivity index (χ4v) is 1.99. The summed E-state index contributed by atoms with van der Waals surface area (Å²) in [5.74, 6) is 1.30. The number of amides is 1. The van der Waals surface area contributed by atoms with Gasteiger partial charge in [-0.1, -0.05) is 0 Å². The maximum Gasteiger partial charge on any atom is 0.410 e. The fourth-order valence-electron chi connectivity index (χ4n) is 1.99. The van der Waals surface area contributed by atoms with Gasteiger partial charge in [0.1, 0.15) is 5.82 Å². The molecule has 0 aromatic carbocycles. The van der Waals surface area contributed by atoms with Crippen LogP contribution >= 0.6 is 0 Å². The van der Waals surface area contributed by atoms with Crippen LogP contribution in [0.1, 0.15) is 19.8 Å². The molecule has 2 N–H and O–H groups in total. The monoisotopic (exact) mass is 221 g/mol. The summed E-state index contributed by atoms with van der Waals surface area (Å²) < 4.78 is 4.72. The third-order valence-corrected chi connectivity index (χ3v) is 2.79. The molecule has 86 valence electrons. The zero-order chi connectivity index (χ0) is 11.5. The second kappa shape index (κ2) is 4.38. The lowest BCUT2D eigenvalue weighted by Crippen LogP contribution is -2.27. The molecule has 5 nitrogen and oxygen atoms in total. The van der Waals surface area contributed by atoms with Crippen molar-refractivity contribution in [1.29, 1.82) is 0 Å². The first-order valence-electron chi connectivity index (χ1n) is 5.37. The van der Waals surface area contributed by atoms with E-state index in [-0.39, 0.29) is 0 Å². The number of primary amides is 1. The highest BCUT2D eigenvalue weighted by molar-refractivity contribution is 5.68. The Bertz CT molecular complexity index is 377. The molecule has 2 heterocycles. The molecule has 0 unspecified atom stereocenters. The number of carbonyl (C=O) groups excluding carboxylic acids is 1. The third kappa shape index (κ3) is 2.24. The molecule has 2 rings (SSSR count). The molecular weight excluding hydrogens is 206 g/mol. The maximum atomic E-state index is 10.5. The lowest BCUT2D eigenvalue weighted by atomic mass is 10.2. The van der Waals surface area contributed by atoms with Gasteiger partial charge in [0, 0.05) is 12.6 Å². The first-order chi connectivity index (χ1) is 7.66. The van der Waals surface area contributed by atoms with Crippen LogP contribution in [0, 0.1) is 0 Å². The minimum absolute atomic E-state index is 0.378. The first-order valence-corrected chi connectivity index (χ1v) is 5.37. The van der Waals surface area contributed by atoms with Gasteiger partial charge in [-0.2, -0.15) is 0 Å². The Morgan fingerprint density at radius 1 is 1.62 bits per heavy atom. The van der Waals surface area contributed by atoms with E-state index in [9.17, 15) is 4.79 Å². The molecule has 16 heavy (non-hydrogen) atoms. The van der Waals surface area contributed by atoms with Gasteiger partial charge in [-0.25, -0.2) is 9.78 Å². The normalized spacial score (nSPS) is 19.8. The van der Waals surface area contributed by atoms with Crippen LogP contribution in [0.2, 0.25) is 0 Å². The molecular formula is C11H15N3O2. The molecule has 1 aliphatic rings. The van der Waals surface area contributed by atoms with Crippen LogP contribution in [0.5, 0.6) is 5.75 Å². The summed E-state index contributed by atoms with van der Waals surface area (Å²) in [5, 5.41) is 0. The standard InChI is InChI=1S/C11H15N3O2/c1-8-3-2-6-14(8)10-5-4-9(7-13-10)16-11(12)15/h4-5,7-8H,2-3,6H2,1H3,(H2,12,15)/t8-/m0/s1. The van der Waals surface area contributed by atoms with Crippen molar-refractivity contribution in [1.82, 2.24) is 4.98 Å². The van der Waals surface area contributed by atoms with Gasteiger partial charge >= 0.3 is 6.09 Å². The molecule has 1 saturated heterocycles. The Morgan fingerprint density at radius 3 is 2.94 bits per heavy atom. The van der Waals surface area contributed by atoms with E-state index in [4.69, 9.17) is 10.5 Å². The summed E-state index contributed by atoms with van der Waals surface area (Å²) in [6, 6.07) is 4.08. The fraction of sp³-hybridized carbons (Fsp3) is 0.455. The van der Waals surface area contributed by atoms with Crippen molar-refractivity contribution in [2.45, 2.75) is 25.8 Å². The summed E-state index contributed by atoms with van der Waals surface area (Å²) in [6.07, 6.45) is 3.10. The minimum atomic E-state index is -0.816. The maximum absolute atomic E-state index is 10.5. The average molecular weight is 221 g/mol. The quantitative estimate of drug-likeness (QED) is 0.822. The van der Waals surface area contributed by atoms with E-state index in [1.807, 2.05) is 6.07 Å². The number of carbonyl (C=O) groups is 1. The van der Waals surface area contributed by atoms with Crippen LogP contribution in [-0.2, 0) is 0 Å². The van der Waals surface area contributed by atoms with E-state index in [0.717, 1.165) is 12.4 Å². The number of nitrogens with zero attached hydrogens (tertiary/aromatic N) is 2. The van der Waals surface area contributed by atoms with Gasteiger partial charge in [-0.05, 0) is 31.9 Å². The third-order valence-electron chi connectivity index (χ3n) is 2.79. The zero-order valence-electron chi connectivity index (χ0n) is 9.22. The number of hydrogen-bond donors (Lipinski definition) is 1. The van der Waals surface area contributed by atoms with E-state index in [1.54, 1.807) is 6.07 Å². The minimum Gasteiger partial charge on any atom is -0.409 e. The summed E-state index contributed by atoms with van der Waals surface area (Å²) in [6.45, 7) is 3.21. The van der Waals surface area contributed by atoms with E-state index < -0.39 is 6.09 Å². The number of hydrogen-bond acceptors (Lipinski definition) is 4. The van der Waals surface area contributed by atoms with Gasteiger partial charge in [0.15, 0.2) is 5.75 Å². The Labute approximate surface area is 94.2 Å². The van der Waals surface area contributed by atoms with Gasteiger partial charge in [0.2, 0.25) is 0 Å². The second-order valence-electron chi connectivity index (χ2n) is 3.96. The van der Waals surface area contributed by atoms with Crippen LogP contribution in [0.15, 0.2) is 18.3 Å². The van der Waals surface area contributed by atoms with Crippen molar-refractivity contribution < 1.29 is 9.53 Å². The lowest BCUT2D eigenvalue weighted by molar-refractivity contribution is 0.210. The van der Waals surface area contributed by atoms with Gasteiger partial charge < -0.3 is 15.4 Å². The molecule has 1 atom stereocenters. The highest BCUT2D eigenvalue weighted by atomic mass is 16.5. The van der Waals surface area contributed by atoms with Crippen molar-refractivity contribution in [3.8, 4) is 5.75 Å². The lowest BCUT2D eigenvalue weighted by Gasteiger charge is -2.22. The number of aromatic nitrogens is 1. The van der Waals surface area contributed by atoms with Crippen molar-refractivity contribution in [3.63, 3.8) is 0 Å². The van der Waals surface area contributed by atoms with Crippen LogP contribution in [0.25, 0.3) is 0 Å². The molecule has 0 radical (unpaired) electrons. The SMILES string of the molecule is C[C@H]1CCCN1c1ccc(OC(N)=O)cn1. The van der Waals surface area contributed by atoms with Crippen molar-refractivity contribution >= 4 is 11.9 Å². The van der Waals surface area contributed by atoms with Crippen LogP contribution in [-0.4, -0.2) is 23.7 Å². The molecule has 0 aliphatic carbocycles. The van der Waals surface area contributed by atoms with Gasteiger partial charge in [0.25, 0.3) is 0 Å². The molecule has 1 aromatic rings. The molecule has 0 bridgehead atoms. The van der Waals surface area contributed by atoms with Crippen molar-refractivity contribution in [3.05, 3.63) is 18.3 Å². The Kier molecular flexibility index (Phi) is 2.94. The van der Waals surface area contributed by atoms with E-state index >= 15 is 0 Å². The smallest absolute Gasteiger partial charge is 0.409 e. The summed E-state index contributed by atoms with van der Waals surface area (Å²) in [7, 11) is 0. The number of rotatable bonds is 2. The number of pyridine rings is 1. The summed E-state index contributed by atoms with van der Waals surface area (Å²) >= 11 is 0. The highest BCUT2D eigenvalue weighted by Crippen LogP contribution is 2.24. The number of ether oxygens (including phenoxy) is 1. The van der Waals surface area contributed by atoms with Crippen molar-refractivity contribution in [2.24, 2.45) is 5.73 Å². The van der Waals surface area contributed by atoms with Crippen LogP contribution in [0.3, 0.4) is 0 Å². The Morgan fingerprint density at radius 2 is 2.44 bits per heavy atom. The van der Waals surface area contributed by atoms with E-state index in [0.29, 0.717) is 11.8 Å². The predicted molar refractivity (Wildman–Crippen MR) is 60.5 cm³/mol. The van der Waals surface area contributed by atoms with Crippen molar-refractivity contribution in [2.75, 3.05) is 11.4 Å². The molecule has 5 heteroatoms. The molecule has 1 fully saturated rings. The second-order valence-corrected chi connectivity index (χ2v) is 3.96. The molecule has 1 aromatic heterocycles. The number of nitrogens with two attached hydrogens (primary N) is 1. The molecule has 1 aliphatic heterocycles. The van der Waals surface area contributed by atoms with E-state index in [2.05, 4.69) is 16.8 Å². The number of anilines is 1.